The molecule has 1 fully saturated rings. The summed E-state index contributed by atoms with van der Waals surface area (Å²) < 4.78 is 4.71. The Hall–Kier alpha value is -0.540. The summed E-state index contributed by atoms with van der Waals surface area (Å²) in [7, 11) is 1.45. The van der Waals surface area contributed by atoms with Crippen LogP contribution in [-0.4, -0.2) is 25.2 Å². The predicted molar refractivity (Wildman–Crippen MR) is 56.5 cm³/mol. The summed E-state index contributed by atoms with van der Waals surface area (Å²) in [6, 6.07) is 0.320. The molecule has 80 valence electrons. The zero-order valence-electron chi connectivity index (χ0n) is 8.23. The van der Waals surface area contributed by atoms with Crippen molar-refractivity contribution < 1.29 is 9.53 Å². The van der Waals surface area contributed by atoms with Gasteiger partial charge in [-0.25, -0.2) is 0 Å². The molecule has 1 saturated heterocycles. The van der Waals surface area contributed by atoms with E-state index in [0.717, 1.165) is 12.8 Å². The molecule has 2 rings (SSSR count). The Labute approximate surface area is 90.3 Å². The molecule has 1 aliphatic carbocycles. The summed E-state index contributed by atoms with van der Waals surface area (Å²) in [5.74, 6) is 0.511. The minimum Gasteiger partial charge on any atom is -0.468 e. The van der Waals surface area contributed by atoms with Crippen LogP contribution in [0, 0.1) is 5.92 Å². The Balaban J connectivity index is 0.000000980. The van der Waals surface area contributed by atoms with Gasteiger partial charge in [-0.1, -0.05) is 12.2 Å². The van der Waals surface area contributed by atoms with Crippen molar-refractivity contribution in [3.05, 3.63) is 12.2 Å². The topological polar surface area (TPSA) is 38.3 Å². The first-order valence-corrected chi connectivity index (χ1v) is 4.82. The van der Waals surface area contributed by atoms with Crippen LogP contribution in [0.4, 0.5) is 0 Å². The number of methoxy groups -OCH3 is 1. The molecule has 0 saturated carbocycles. The van der Waals surface area contributed by atoms with Crippen molar-refractivity contribution in [3.63, 3.8) is 0 Å². The molecule has 0 bridgehead atoms. The van der Waals surface area contributed by atoms with E-state index in [1.807, 2.05) is 0 Å². The van der Waals surface area contributed by atoms with Gasteiger partial charge in [-0.2, -0.15) is 0 Å². The maximum absolute atomic E-state index is 11.2. The number of hydrogen-bond acceptors (Lipinski definition) is 3. The van der Waals surface area contributed by atoms with Crippen LogP contribution in [-0.2, 0) is 9.53 Å². The van der Waals surface area contributed by atoms with E-state index in [-0.39, 0.29) is 24.4 Å². The minimum absolute atomic E-state index is 0. The smallest absolute Gasteiger partial charge is 0.322 e. The molecule has 2 aliphatic rings. The Kier molecular flexibility index (Phi) is 3.96. The van der Waals surface area contributed by atoms with Crippen LogP contribution < -0.4 is 5.32 Å². The van der Waals surface area contributed by atoms with Crippen LogP contribution in [0.15, 0.2) is 12.2 Å². The van der Waals surface area contributed by atoms with Crippen molar-refractivity contribution >= 4 is 18.4 Å². The van der Waals surface area contributed by atoms with Crippen molar-refractivity contribution in [3.8, 4) is 0 Å². The molecular weight excluding hydrogens is 202 g/mol. The normalized spacial score (nSPS) is 34.5. The lowest BCUT2D eigenvalue weighted by Crippen LogP contribution is -2.36. The highest BCUT2D eigenvalue weighted by Gasteiger charge is 2.36. The second-order valence-corrected chi connectivity index (χ2v) is 3.77. The predicted octanol–water partition coefficient (Wildman–Crippen LogP) is 1.28. The second-order valence-electron chi connectivity index (χ2n) is 3.77. The van der Waals surface area contributed by atoms with E-state index in [1.165, 1.54) is 13.5 Å². The summed E-state index contributed by atoms with van der Waals surface area (Å²) >= 11 is 0. The zero-order valence-corrected chi connectivity index (χ0v) is 9.05. The van der Waals surface area contributed by atoms with E-state index < -0.39 is 0 Å². The van der Waals surface area contributed by atoms with Gasteiger partial charge >= 0.3 is 5.97 Å². The molecule has 3 nitrogen and oxygen atoms in total. The number of nitrogens with one attached hydrogen (secondary N) is 1. The lowest BCUT2D eigenvalue weighted by Gasteiger charge is -2.18. The van der Waals surface area contributed by atoms with E-state index in [9.17, 15) is 4.79 Å². The van der Waals surface area contributed by atoms with Gasteiger partial charge in [-0.3, -0.25) is 10.1 Å². The molecular formula is C10H16ClNO2. The number of carbonyl (C=O) groups excluding carboxylic acids is 1. The molecule has 0 aromatic carbocycles. The summed E-state index contributed by atoms with van der Waals surface area (Å²) in [6.07, 6.45) is 7.64. The second kappa shape index (κ2) is 4.80. The fourth-order valence-electron chi connectivity index (χ4n) is 2.26. The van der Waals surface area contributed by atoms with Gasteiger partial charge in [-0.15, -0.1) is 12.4 Å². The number of fused-ring (bicyclic) bond motifs is 1. The van der Waals surface area contributed by atoms with Crippen LogP contribution in [0.3, 0.4) is 0 Å². The Morgan fingerprint density at radius 2 is 2.36 bits per heavy atom. The van der Waals surface area contributed by atoms with Gasteiger partial charge in [0.15, 0.2) is 0 Å². The summed E-state index contributed by atoms with van der Waals surface area (Å²) in [5, 5.41) is 3.28. The van der Waals surface area contributed by atoms with Crippen LogP contribution in [0.5, 0.6) is 0 Å². The number of ether oxygens (including phenoxy) is 1. The molecule has 14 heavy (non-hydrogen) atoms. The fourth-order valence-corrected chi connectivity index (χ4v) is 2.26. The molecule has 0 radical (unpaired) electrons. The average Bonchev–Trinajstić information content (AvgIpc) is 2.59. The molecule has 1 unspecified atom stereocenters. The molecule has 0 amide bonds. The van der Waals surface area contributed by atoms with E-state index in [0.29, 0.717) is 12.0 Å². The van der Waals surface area contributed by atoms with Gasteiger partial charge in [0.05, 0.1) is 7.11 Å². The first-order valence-electron chi connectivity index (χ1n) is 4.82. The van der Waals surface area contributed by atoms with Gasteiger partial charge in [0.1, 0.15) is 6.04 Å². The lowest BCUT2D eigenvalue weighted by molar-refractivity contribution is -0.142. The standard InChI is InChI=1S/C10H15NO2.ClH/c1-13-10(12)9-6-7-4-2-3-5-8(7)11-9;/h3,5,7-9,11H,2,4,6H2,1H3;1H/t7-,8?,9+;/m1./s1. The van der Waals surface area contributed by atoms with E-state index in [2.05, 4.69) is 17.5 Å². The van der Waals surface area contributed by atoms with Crippen LogP contribution in [0.25, 0.3) is 0 Å². The van der Waals surface area contributed by atoms with Gasteiger partial charge in [-0.05, 0) is 25.2 Å². The number of carbonyl (C=O) groups is 1. The largest absolute Gasteiger partial charge is 0.468 e. The minimum atomic E-state index is -0.122. The molecule has 1 heterocycles. The van der Waals surface area contributed by atoms with Crippen molar-refractivity contribution in [2.75, 3.05) is 7.11 Å². The summed E-state index contributed by atoms with van der Waals surface area (Å²) in [6.45, 7) is 0. The highest BCUT2D eigenvalue weighted by molar-refractivity contribution is 5.85. The van der Waals surface area contributed by atoms with E-state index >= 15 is 0 Å². The highest BCUT2D eigenvalue weighted by Crippen LogP contribution is 2.29. The van der Waals surface area contributed by atoms with Crippen molar-refractivity contribution in [1.29, 1.82) is 0 Å². The van der Waals surface area contributed by atoms with Gasteiger partial charge in [0.25, 0.3) is 0 Å². The van der Waals surface area contributed by atoms with Gasteiger partial charge in [0, 0.05) is 6.04 Å². The lowest BCUT2D eigenvalue weighted by atomic mass is 9.90. The SMILES string of the molecule is COC(=O)[C@@H]1C[C@H]2CCC=CC2N1.Cl. The third-order valence-corrected chi connectivity index (χ3v) is 2.97. The third-order valence-electron chi connectivity index (χ3n) is 2.97. The van der Waals surface area contributed by atoms with Crippen molar-refractivity contribution in [2.24, 2.45) is 5.92 Å². The summed E-state index contributed by atoms with van der Waals surface area (Å²) in [5.41, 5.74) is 0. The molecule has 0 aromatic heterocycles. The molecule has 1 N–H and O–H groups in total. The van der Waals surface area contributed by atoms with E-state index in [4.69, 9.17) is 4.74 Å². The Morgan fingerprint density at radius 1 is 1.57 bits per heavy atom. The monoisotopic (exact) mass is 217 g/mol. The number of halogens is 1. The number of rotatable bonds is 1. The Morgan fingerprint density at radius 3 is 3.00 bits per heavy atom. The van der Waals surface area contributed by atoms with Crippen molar-refractivity contribution in [1.82, 2.24) is 5.32 Å². The molecule has 3 atom stereocenters. The molecule has 0 aromatic rings. The fraction of sp³-hybridized carbons (Fsp3) is 0.700. The molecule has 1 aliphatic heterocycles. The molecule has 0 spiro atoms. The van der Waals surface area contributed by atoms with Crippen LogP contribution >= 0.6 is 12.4 Å². The number of esters is 1. The third kappa shape index (κ3) is 2.10. The van der Waals surface area contributed by atoms with E-state index in [1.54, 1.807) is 0 Å². The maximum Gasteiger partial charge on any atom is 0.322 e. The average molecular weight is 218 g/mol. The van der Waals surface area contributed by atoms with Crippen LogP contribution in [0.2, 0.25) is 0 Å². The zero-order chi connectivity index (χ0) is 9.26. The Bertz CT molecular complexity index is 242. The molecule has 4 heteroatoms. The number of hydrogen-bond donors (Lipinski definition) is 1. The quantitative estimate of drug-likeness (QED) is 0.531. The van der Waals surface area contributed by atoms with Crippen molar-refractivity contribution in [2.45, 2.75) is 31.3 Å². The number of allylic oxidation sites excluding steroid dienone is 1. The van der Waals surface area contributed by atoms with Gasteiger partial charge < -0.3 is 4.74 Å². The van der Waals surface area contributed by atoms with Gasteiger partial charge in [0.2, 0.25) is 0 Å². The first kappa shape index (κ1) is 11.5. The van der Waals surface area contributed by atoms with Crippen LogP contribution in [0.1, 0.15) is 19.3 Å². The maximum atomic E-state index is 11.2. The highest BCUT2D eigenvalue weighted by atomic mass is 35.5. The summed E-state index contributed by atoms with van der Waals surface area (Å²) in [4.78, 5) is 11.2. The first-order chi connectivity index (χ1) is 6.31.